The van der Waals surface area contributed by atoms with E-state index in [0.29, 0.717) is 30.3 Å². The average Bonchev–Trinajstić information content (AvgIpc) is 2.90. The van der Waals surface area contributed by atoms with Crippen LogP contribution in [0.3, 0.4) is 0 Å². The molecular weight excluding hydrogens is 240 g/mol. The standard InChI is InChI=1S/C14H24N4O/c15-9-4-12-16-17-13(19-12)18-10-7-14(8-11-18)5-2-1-3-6-14/h1-11,15H2. The Bertz CT molecular complexity index is 401. The van der Waals surface area contributed by atoms with E-state index in [9.17, 15) is 0 Å². The van der Waals surface area contributed by atoms with Crippen molar-refractivity contribution in [3.05, 3.63) is 5.89 Å². The lowest BCUT2D eigenvalue weighted by Crippen LogP contribution is -2.41. The number of nitrogens with two attached hydrogens (primary N) is 1. The summed E-state index contributed by atoms with van der Waals surface area (Å²) in [5.41, 5.74) is 6.12. The third-order valence-electron chi connectivity index (χ3n) is 4.82. The predicted molar refractivity (Wildman–Crippen MR) is 74.0 cm³/mol. The molecule has 3 rings (SSSR count). The summed E-state index contributed by atoms with van der Waals surface area (Å²) >= 11 is 0. The molecule has 2 fully saturated rings. The molecule has 2 N–H and O–H groups in total. The van der Waals surface area contributed by atoms with Crippen LogP contribution in [0.1, 0.15) is 50.8 Å². The summed E-state index contributed by atoms with van der Waals surface area (Å²) in [7, 11) is 0. The van der Waals surface area contributed by atoms with Crippen LogP contribution in [-0.4, -0.2) is 29.8 Å². The van der Waals surface area contributed by atoms with Crippen molar-refractivity contribution < 1.29 is 4.42 Å². The Hall–Kier alpha value is -1.10. The van der Waals surface area contributed by atoms with E-state index in [4.69, 9.17) is 10.2 Å². The van der Waals surface area contributed by atoms with Gasteiger partial charge in [-0.3, -0.25) is 0 Å². The number of anilines is 1. The molecular formula is C14H24N4O. The normalized spacial score (nSPS) is 22.9. The quantitative estimate of drug-likeness (QED) is 0.905. The fourth-order valence-electron chi connectivity index (χ4n) is 3.57. The lowest BCUT2D eigenvalue weighted by molar-refractivity contribution is 0.142. The highest BCUT2D eigenvalue weighted by atomic mass is 16.4. The van der Waals surface area contributed by atoms with Crippen LogP contribution in [-0.2, 0) is 6.42 Å². The molecule has 2 heterocycles. The molecule has 0 bridgehead atoms. The lowest BCUT2D eigenvalue weighted by atomic mass is 9.68. The van der Waals surface area contributed by atoms with Crippen LogP contribution in [0.2, 0.25) is 0 Å². The third-order valence-corrected chi connectivity index (χ3v) is 4.82. The Morgan fingerprint density at radius 2 is 1.79 bits per heavy atom. The zero-order valence-corrected chi connectivity index (χ0v) is 11.6. The van der Waals surface area contributed by atoms with Gasteiger partial charge in [0.2, 0.25) is 5.89 Å². The molecule has 0 amide bonds. The monoisotopic (exact) mass is 264 g/mol. The van der Waals surface area contributed by atoms with Crippen molar-refractivity contribution in [2.45, 2.75) is 51.4 Å². The van der Waals surface area contributed by atoms with E-state index in [-0.39, 0.29) is 0 Å². The minimum absolute atomic E-state index is 0.560. The summed E-state index contributed by atoms with van der Waals surface area (Å²) in [6, 6.07) is 0.689. The Kier molecular flexibility index (Phi) is 3.73. The van der Waals surface area contributed by atoms with E-state index >= 15 is 0 Å². The van der Waals surface area contributed by atoms with Crippen molar-refractivity contribution in [2.24, 2.45) is 11.1 Å². The Labute approximate surface area is 114 Å². The molecule has 106 valence electrons. The van der Waals surface area contributed by atoms with Crippen molar-refractivity contribution in [1.29, 1.82) is 0 Å². The maximum absolute atomic E-state index is 5.66. The number of hydrogen-bond donors (Lipinski definition) is 1. The summed E-state index contributed by atoms with van der Waals surface area (Å²) in [6.45, 7) is 2.68. The Morgan fingerprint density at radius 1 is 1.05 bits per heavy atom. The summed E-state index contributed by atoms with van der Waals surface area (Å²) in [6.07, 6.45) is 10.3. The zero-order chi connectivity index (χ0) is 13.1. The molecule has 1 saturated heterocycles. The van der Waals surface area contributed by atoms with Gasteiger partial charge < -0.3 is 15.1 Å². The van der Waals surface area contributed by atoms with Gasteiger partial charge in [0.15, 0.2) is 0 Å². The number of piperidine rings is 1. The van der Waals surface area contributed by atoms with Crippen molar-refractivity contribution in [3.63, 3.8) is 0 Å². The minimum Gasteiger partial charge on any atom is -0.408 e. The van der Waals surface area contributed by atoms with Gasteiger partial charge in [-0.15, -0.1) is 5.10 Å². The average molecular weight is 264 g/mol. The molecule has 19 heavy (non-hydrogen) atoms. The number of rotatable bonds is 3. The summed E-state index contributed by atoms with van der Waals surface area (Å²) < 4.78 is 5.66. The van der Waals surface area contributed by atoms with Crippen LogP contribution in [0.15, 0.2) is 4.42 Å². The Morgan fingerprint density at radius 3 is 2.47 bits per heavy atom. The van der Waals surface area contributed by atoms with Gasteiger partial charge >= 0.3 is 6.01 Å². The number of nitrogens with zero attached hydrogens (tertiary/aromatic N) is 3. The van der Waals surface area contributed by atoms with Gasteiger partial charge in [-0.2, -0.15) is 0 Å². The minimum atomic E-state index is 0.560. The molecule has 5 heteroatoms. The molecule has 0 aromatic carbocycles. The van der Waals surface area contributed by atoms with E-state index < -0.39 is 0 Å². The zero-order valence-electron chi connectivity index (χ0n) is 11.6. The molecule has 0 atom stereocenters. The van der Waals surface area contributed by atoms with Crippen molar-refractivity contribution in [2.75, 3.05) is 24.5 Å². The maximum Gasteiger partial charge on any atom is 0.318 e. The summed E-state index contributed by atoms with van der Waals surface area (Å²) in [5, 5.41) is 8.19. The number of aromatic nitrogens is 2. The molecule has 1 spiro atoms. The Balaban J connectivity index is 1.59. The van der Waals surface area contributed by atoms with Crippen molar-refractivity contribution in [3.8, 4) is 0 Å². The van der Waals surface area contributed by atoms with Gasteiger partial charge in [0.25, 0.3) is 0 Å². The fraction of sp³-hybridized carbons (Fsp3) is 0.857. The first-order valence-corrected chi connectivity index (χ1v) is 7.59. The van der Waals surface area contributed by atoms with Gasteiger partial charge in [-0.1, -0.05) is 24.4 Å². The molecule has 1 aromatic heterocycles. The van der Waals surface area contributed by atoms with E-state index in [1.165, 1.54) is 44.9 Å². The topological polar surface area (TPSA) is 68.2 Å². The van der Waals surface area contributed by atoms with E-state index in [0.717, 1.165) is 13.1 Å². The largest absolute Gasteiger partial charge is 0.408 e. The van der Waals surface area contributed by atoms with Crippen LogP contribution in [0.4, 0.5) is 6.01 Å². The molecule has 1 aliphatic carbocycles. The van der Waals surface area contributed by atoms with E-state index in [2.05, 4.69) is 15.1 Å². The second-order valence-corrected chi connectivity index (χ2v) is 6.06. The van der Waals surface area contributed by atoms with Crippen molar-refractivity contribution in [1.82, 2.24) is 10.2 Å². The van der Waals surface area contributed by atoms with Gasteiger partial charge in [-0.25, -0.2) is 0 Å². The smallest absolute Gasteiger partial charge is 0.318 e. The van der Waals surface area contributed by atoms with Gasteiger partial charge in [-0.05, 0) is 31.1 Å². The van der Waals surface area contributed by atoms with Crippen LogP contribution in [0, 0.1) is 5.41 Å². The first-order valence-electron chi connectivity index (χ1n) is 7.59. The van der Waals surface area contributed by atoms with Crippen LogP contribution in [0.25, 0.3) is 0 Å². The van der Waals surface area contributed by atoms with E-state index in [1.807, 2.05) is 0 Å². The SMILES string of the molecule is NCCc1nnc(N2CCC3(CCCCC3)CC2)o1. The maximum atomic E-state index is 5.66. The molecule has 1 aliphatic heterocycles. The van der Waals surface area contributed by atoms with Crippen LogP contribution >= 0.6 is 0 Å². The highest BCUT2D eigenvalue weighted by Crippen LogP contribution is 2.44. The molecule has 1 aromatic rings. The van der Waals surface area contributed by atoms with Crippen LogP contribution < -0.4 is 10.6 Å². The molecule has 5 nitrogen and oxygen atoms in total. The van der Waals surface area contributed by atoms with Crippen LogP contribution in [0.5, 0.6) is 0 Å². The molecule has 0 radical (unpaired) electrons. The molecule has 1 saturated carbocycles. The highest BCUT2D eigenvalue weighted by molar-refractivity contribution is 5.25. The van der Waals surface area contributed by atoms with E-state index in [1.54, 1.807) is 0 Å². The first kappa shape index (κ1) is 12.9. The van der Waals surface area contributed by atoms with Gasteiger partial charge in [0.05, 0.1) is 0 Å². The summed E-state index contributed by atoms with van der Waals surface area (Å²) in [4.78, 5) is 2.24. The highest BCUT2D eigenvalue weighted by Gasteiger charge is 2.36. The van der Waals surface area contributed by atoms with Gasteiger partial charge in [0.1, 0.15) is 0 Å². The predicted octanol–water partition coefficient (Wildman–Crippen LogP) is 2.12. The lowest BCUT2D eigenvalue weighted by Gasteiger charge is -2.43. The second kappa shape index (κ2) is 5.49. The molecule has 0 unspecified atom stereocenters. The third kappa shape index (κ3) is 2.76. The molecule has 2 aliphatic rings. The fourth-order valence-corrected chi connectivity index (χ4v) is 3.57. The second-order valence-electron chi connectivity index (χ2n) is 6.06. The van der Waals surface area contributed by atoms with Gasteiger partial charge in [0, 0.05) is 26.1 Å². The number of hydrogen-bond acceptors (Lipinski definition) is 5. The van der Waals surface area contributed by atoms with Crippen molar-refractivity contribution >= 4 is 6.01 Å². The summed E-state index contributed by atoms with van der Waals surface area (Å²) in [5.74, 6) is 0.662. The first-order chi connectivity index (χ1) is 9.31.